The van der Waals surface area contributed by atoms with E-state index in [0.29, 0.717) is 12.4 Å². The molecule has 0 aromatic heterocycles. The lowest BCUT2D eigenvalue weighted by Gasteiger charge is -2.08. The minimum absolute atomic E-state index is 0.383. The van der Waals surface area contributed by atoms with Crippen LogP contribution in [0.3, 0.4) is 0 Å². The van der Waals surface area contributed by atoms with Gasteiger partial charge in [0.2, 0.25) is 0 Å². The highest BCUT2D eigenvalue weighted by Crippen LogP contribution is 2.18. The summed E-state index contributed by atoms with van der Waals surface area (Å²) in [5.74, 6) is 0.677. The predicted octanol–water partition coefficient (Wildman–Crippen LogP) is 2.09. The Balaban J connectivity index is 2.34. The van der Waals surface area contributed by atoms with Gasteiger partial charge >= 0.3 is 0 Å². The minimum Gasteiger partial charge on any atom is -0.390 e. The molecule has 0 amide bonds. The van der Waals surface area contributed by atoms with Crippen molar-refractivity contribution in [2.24, 2.45) is 0 Å². The van der Waals surface area contributed by atoms with E-state index in [1.54, 1.807) is 18.9 Å². The zero-order chi connectivity index (χ0) is 10.4. The van der Waals surface area contributed by atoms with Crippen molar-refractivity contribution < 1.29 is 9.84 Å². The Hall–Kier alpha value is -0.510. The lowest BCUT2D eigenvalue weighted by Crippen LogP contribution is -2.16. The SMILES string of the molecule is COCC(O)CSc1ccc(C)cc1. The molecular weight excluding hydrogens is 196 g/mol. The van der Waals surface area contributed by atoms with E-state index >= 15 is 0 Å². The molecule has 1 aromatic carbocycles. The van der Waals surface area contributed by atoms with Crippen molar-refractivity contribution in [2.75, 3.05) is 19.5 Å². The molecule has 0 aliphatic rings. The van der Waals surface area contributed by atoms with Gasteiger partial charge in [0, 0.05) is 17.8 Å². The first kappa shape index (κ1) is 11.6. The van der Waals surface area contributed by atoms with Gasteiger partial charge in [-0.1, -0.05) is 17.7 Å². The Morgan fingerprint density at radius 1 is 1.36 bits per heavy atom. The number of benzene rings is 1. The molecule has 0 saturated carbocycles. The normalized spacial score (nSPS) is 12.8. The van der Waals surface area contributed by atoms with Crippen molar-refractivity contribution >= 4 is 11.8 Å². The molecule has 14 heavy (non-hydrogen) atoms. The monoisotopic (exact) mass is 212 g/mol. The maximum absolute atomic E-state index is 9.42. The van der Waals surface area contributed by atoms with Crippen LogP contribution in [0, 0.1) is 6.92 Å². The average Bonchev–Trinajstić information content (AvgIpc) is 2.17. The van der Waals surface area contributed by atoms with Gasteiger partial charge in [0.15, 0.2) is 0 Å². The van der Waals surface area contributed by atoms with E-state index in [-0.39, 0.29) is 6.10 Å². The molecule has 78 valence electrons. The van der Waals surface area contributed by atoms with Crippen molar-refractivity contribution in [3.8, 4) is 0 Å². The number of thioether (sulfide) groups is 1. The van der Waals surface area contributed by atoms with E-state index in [1.165, 1.54) is 10.5 Å². The van der Waals surface area contributed by atoms with Gasteiger partial charge in [-0.25, -0.2) is 0 Å². The van der Waals surface area contributed by atoms with E-state index in [1.807, 2.05) is 0 Å². The standard InChI is InChI=1S/C11H16O2S/c1-9-3-5-11(6-4-9)14-8-10(12)7-13-2/h3-6,10,12H,7-8H2,1-2H3. The third-order valence-electron chi connectivity index (χ3n) is 1.82. The second kappa shape index (κ2) is 6.06. The summed E-state index contributed by atoms with van der Waals surface area (Å²) in [5.41, 5.74) is 1.26. The molecule has 0 bridgehead atoms. The molecule has 0 aliphatic carbocycles. The Morgan fingerprint density at radius 2 is 2.00 bits per heavy atom. The van der Waals surface area contributed by atoms with E-state index in [4.69, 9.17) is 4.74 Å². The maximum Gasteiger partial charge on any atom is 0.0867 e. The van der Waals surface area contributed by atoms with Gasteiger partial charge in [0.05, 0.1) is 12.7 Å². The summed E-state index contributed by atoms with van der Waals surface area (Å²) < 4.78 is 4.85. The van der Waals surface area contributed by atoms with Gasteiger partial charge in [-0.15, -0.1) is 11.8 Å². The number of hydrogen-bond acceptors (Lipinski definition) is 3. The van der Waals surface area contributed by atoms with Gasteiger partial charge in [-0.3, -0.25) is 0 Å². The van der Waals surface area contributed by atoms with Gasteiger partial charge in [0.1, 0.15) is 0 Å². The molecule has 1 rings (SSSR count). The largest absolute Gasteiger partial charge is 0.390 e. The van der Waals surface area contributed by atoms with Crippen LogP contribution in [0.15, 0.2) is 29.2 Å². The molecule has 0 saturated heterocycles. The summed E-state index contributed by atoms with van der Waals surface area (Å²) in [7, 11) is 1.60. The zero-order valence-corrected chi connectivity index (χ0v) is 9.38. The van der Waals surface area contributed by atoms with E-state index in [2.05, 4.69) is 31.2 Å². The Morgan fingerprint density at radius 3 is 2.57 bits per heavy atom. The van der Waals surface area contributed by atoms with E-state index in [0.717, 1.165) is 0 Å². The second-order valence-electron chi connectivity index (χ2n) is 3.23. The number of methoxy groups -OCH3 is 1. The Labute approximate surface area is 89.3 Å². The fourth-order valence-electron chi connectivity index (χ4n) is 1.07. The smallest absolute Gasteiger partial charge is 0.0867 e. The first-order chi connectivity index (χ1) is 6.72. The van der Waals surface area contributed by atoms with Crippen LogP contribution in [-0.2, 0) is 4.74 Å². The number of aliphatic hydroxyl groups is 1. The molecule has 1 N–H and O–H groups in total. The van der Waals surface area contributed by atoms with Gasteiger partial charge in [-0.2, -0.15) is 0 Å². The highest BCUT2D eigenvalue weighted by atomic mass is 32.2. The minimum atomic E-state index is -0.383. The van der Waals surface area contributed by atoms with Gasteiger partial charge in [-0.05, 0) is 19.1 Å². The van der Waals surface area contributed by atoms with Crippen LogP contribution in [0.1, 0.15) is 5.56 Å². The van der Waals surface area contributed by atoms with Crippen LogP contribution in [0.25, 0.3) is 0 Å². The lowest BCUT2D eigenvalue weighted by atomic mass is 10.2. The fraction of sp³-hybridized carbons (Fsp3) is 0.455. The first-order valence-electron chi connectivity index (χ1n) is 4.59. The molecule has 1 atom stereocenters. The van der Waals surface area contributed by atoms with Gasteiger partial charge in [0.25, 0.3) is 0 Å². The summed E-state index contributed by atoms with van der Waals surface area (Å²) in [5, 5.41) is 9.42. The molecule has 3 heteroatoms. The van der Waals surface area contributed by atoms with Crippen LogP contribution >= 0.6 is 11.8 Å². The fourth-order valence-corrected chi connectivity index (χ4v) is 1.88. The Kier molecular flexibility index (Phi) is 5.01. The van der Waals surface area contributed by atoms with Crippen LogP contribution in [0.2, 0.25) is 0 Å². The molecule has 0 heterocycles. The maximum atomic E-state index is 9.42. The van der Waals surface area contributed by atoms with Gasteiger partial charge < -0.3 is 9.84 Å². The van der Waals surface area contributed by atoms with E-state index < -0.39 is 0 Å². The number of aliphatic hydroxyl groups excluding tert-OH is 1. The lowest BCUT2D eigenvalue weighted by molar-refractivity contribution is 0.0794. The zero-order valence-electron chi connectivity index (χ0n) is 8.56. The number of hydrogen-bond donors (Lipinski definition) is 1. The van der Waals surface area contributed by atoms with E-state index in [9.17, 15) is 5.11 Å². The molecule has 0 aliphatic heterocycles. The van der Waals surface area contributed by atoms with Crippen LogP contribution in [-0.4, -0.2) is 30.7 Å². The number of rotatable bonds is 5. The van der Waals surface area contributed by atoms with Crippen molar-refractivity contribution in [2.45, 2.75) is 17.9 Å². The van der Waals surface area contributed by atoms with Crippen LogP contribution in [0.5, 0.6) is 0 Å². The average molecular weight is 212 g/mol. The van der Waals surface area contributed by atoms with Crippen LogP contribution < -0.4 is 0 Å². The quantitative estimate of drug-likeness (QED) is 0.758. The van der Waals surface area contributed by atoms with Crippen LogP contribution in [0.4, 0.5) is 0 Å². The van der Waals surface area contributed by atoms with Crippen molar-refractivity contribution in [1.82, 2.24) is 0 Å². The Bertz CT molecular complexity index is 258. The summed E-state index contributed by atoms with van der Waals surface area (Å²) in [6.45, 7) is 2.47. The predicted molar refractivity (Wildman–Crippen MR) is 59.8 cm³/mol. The summed E-state index contributed by atoms with van der Waals surface area (Å²) in [4.78, 5) is 1.19. The summed E-state index contributed by atoms with van der Waals surface area (Å²) in [6.07, 6.45) is -0.383. The summed E-state index contributed by atoms with van der Waals surface area (Å²) >= 11 is 1.65. The highest BCUT2D eigenvalue weighted by Gasteiger charge is 2.03. The molecule has 0 radical (unpaired) electrons. The molecule has 1 aromatic rings. The number of ether oxygens (including phenoxy) is 1. The van der Waals surface area contributed by atoms with Crippen molar-refractivity contribution in [3.05, 3.63) is 29.8 Å². The molecule has 2 nitrogen and oxygen atoms in total. The molecule has 0 fully saturated rings. The second-order valence-corrected chi connectivity index (χ2v) is 4.33. The third-order valence-corrected chi connectivity index (χ3v) is 2.98. The first-order valence-corrected chi connectivity index (χ1v) is 5.57. The number of aryl methyl sites for hydroxylation is 1. The molecular formula is C11H16O2S. The molecule has 1 unspecified atom stereocenters. The topological polar surface area (TPSA) is 29.5 Å². The van der Waals surface area contributed by atoms with Crippen molar-refractivity contribution in [3.63, 3.8) is 0 Å². The highest BCUT2D eigenvalue weighted by molar-refractivity contribution is 7.99. The third kappa shape index (κ3) is 4.13. The summed E-state index contributed by atoms with van der Waals surface area (Å²) in [6, 6.07) is 8.29. The molecule has 0 spiro atoms. The van der Waals surface area contributed by atoms with Crippen molar-refractivity contribution in [1.29, 1.82) is 0 Å².